The lowest BCUT2D eigenvalue weighted by molar-refractivity contribution is 0.126. The first-order chi connectivity index (χ1) is 7.63. The molecule has 0 aromatic heterocycles. The van der Waals surface area contributed by atoms with E-state index >= 15 is 0 Å². The zero-order chi connectivity index (χ0) is 12.1. The second kappa shape index (κ2) is 5.72. The third-order valence-corrected chi connectivity index (χ3v) is 2.69. The molecule has 1 aromatic carbocycles. The van der Waals surface area contributed by atoms with Crippen LogP contribution in [0.1, 0.15) is 24.0 Å². The molecule has 0 aliphatic rings. The summed E-state index contributed by atoms with van der Waals surface area (Å²) in [5.74, 6) is 6.91. The average molecular weight is 225 g/mol. The summed E-state index contributed by atoms with van der Waals surface area (Å²) in [7, 11) is 3.30. The summed E-state index contributed by atoms with van der Waals surface area (Å²) in [6.07, 6.45) is 0. The Kier molecular flexibility index (Phi) is 4.58. The molecule has 0 spiro atoms. The fourth-order valence-electron chi connectivity index (χ4n) is 1.63. The number of ether oxygens (including phenoxy) is 2. The molecule has 90 valence electrons. The maximum atomic E-state index is 5.30. The average Bonchev–Trinajstić information content (AvgIpc) is 2.29. The molecule has 0 amide bonds. The second-order valence-corrected chi connectivity index (χ2v) is 3.78. The Morgan fingerprint density at radius 1 is 1.19 bits per heavy atom. The first-order valence-corrected chi connectivity index (χ1v) is 5.18. The van der Waals surface area contributed by atoms with Crippen LogP contribution in [0.2, 0.25) is 0 Å². The molecule has 0 aliphatic heterocycles. The lowest BCUT2D eigenvalue weighted by atomic mass is 9.99. The van der Waals surface area contributed by atoms with Crippen LogP contribution in [0.4, 0.5) is 0 Å². The van der Waals surface area contributed by atoms with Crippen LogP contribution in [0.25, 0.3) is 0 Å². The van der Waals surface area contributed by atoms with Crippen LogP contribution in [0, 0.1) is 6.92 Å². The Morgan fingerprint density at radius 3 is 2.06 bits per heavy atom. The van der Waals surface area contributed by atoms with Gasteiger partial charge in [0.1, 0.15) is 11.5 Å². The number of methoxy groups -OCH3 is 2. The van der Waals surface area contributed by atoms with Crippen molar-refractivity contribution < 1.29 is 14.3 Å². The smallest absolute Gasteiger partial charge is 0.125 e. The van der Waals surface area contributed by atoms with Gasteiger partial charge in [-0.3, -0.25) is 0 Å². The Balaban J connectivity index is 3.11. The number of rotatable bonds is 5. The van der Waals surface area contributed by atoms with E-state index in [0.717, 1.165) is 22.6 Å². The van der Waals surface area contributed by atoms with Crippen LogP contribution in [-0.4, -0.2) is 20.8 Å². The zero-order valence-corrected chi connectivity index (χ0v) is 10.2. The maximum absolute atomic E-state index is 5.30. The highest BCUT2D eigenvalue weighted by molar-refractivity contribution is 5.48. The summed E-state index contributed by atoms with van der Waals surface area (Å²) in [4.78, 5) is 4.65. The van der Waals surface area contributed by atoms with E-state index in [2.05, 4.69) is 4.84 Å². The van der Waals surface area contributed by atoms with Crippen molar-refractivity contribution in [1.29, 1.82) is 0 Å². The first-order valence-electron chi connectivity index (χ1n) is 5.18. The molecular formula is C12H19NO3. The van der Waals surface area contributed by atoms with Crippen LogP contribution in [-0.2, 0) is 4.84 Å². The van der Waals surface area contributed by atoms with E-state index in [9.17, 15) is 0 Å². The lowest BCUT2D eigenvalue weighted by Crippen LogP contribution is -2.09. The molecule has 1 aromatic rings. The van der Waals surface area contributed by atoms with Gasteiger partial charge in [-0.15, -0.1) is 0 Å². The van der Waals surface area contributed by atoms with Gasteiger partial charge in [0.05, 0.1) is 20.8 Å². The standard InChI is InChI=1S/C12H19NO3/c1-8(7-16-13)10-5-11(14-3)9(2)12(6-10)15-4/h5-6,8H,7,13H2,1-4H3. The van der Waals surface area contributed by atoms with Gasteiger partial charge in [-0.25, -0.2) is 5.90 Å². The number of nitrogens with two attached hydrogens (primary N) is 1. The highest BCUT2D eigenvalue weighted by atomic mass is 16.6. The Labute approximate surface area is 96.3 Å². The topological polar surface area (TPSA) is 53.7 Å². The van der Waals surface area contributed by atoms with E-state index in [1.807, 2.05) is 26.0 Å². The van der Waals surface area contributed by atoms with E-state index in [1.54, 1.807) is 14.2 Å². The predicted molar refractivity (Wildman–Crippen MR) is 62.8 cm³/mol. The largest absolute Gasteiger partial charge is 0.496 e. The van der Waals surface area contributed by atoms with Crippen molar-refractivity contribution >= 4 is 0 Å². The highest BCUT2D eigenvalue weighted by Crippen LogP contribution is 2.32. The van der Waals surface area contributed by atoms with Crippen molar-refractivity contribution in [3.05, 3.63) is 23.3 Å². The van der Waals surface area contributed by atoms with E-state index in [0.29, 0.717) is 6.61 Å². The molecule has 0 heterocycles. The third kappa shape index (κ3) is 2.65. The fraction of sp³-hybridized carbons (Fsp3) is 0.500. The molecule has 4 heteroatoms. The highest BCUT2D eigenvalue weighted by Gasteiger charge is 2.12. The van der Waals surface area contributed by atoms with Crippen molar-refractivity contribution in [2.24, 2.45) is 5.90 Å². The minimum Gasteiger partial charge on any atom is -0.496 e. The maximum Gasteiger partial charge on any atom is 0.125 e. The first kappa shape index (κ1) is 12.8. The van der Waals surface area contributed by atoms with Crippen molar-refractivity contribution in [2.75, 3.05) is 20.8 Å². The normalized spacial score (nSPS) is 12.3. The minimum absolute atomic E-state index is 0.202. The summed E-state index contributed by atoms with van der Waals surface area (Å²) >= 11 is 0. The van der Waals surface area contributed by atoms with Gasteiger partial charge in [0.15, 0.2) is 0 Å². The van der Waals surface area contributed by atoms with E-state index in [-0.39, 0.29) is 5.92 Å². The third-order valence-electron chi connectivity index (χ3n) is 2.69. The number of hydrogen-bond acceptors (Lipinski definition) is 4. The van der Waals surface area contributed by atoms with Gasteiger partial charge >= 0.3 is 0 Å². The van der Waals surface area contributed by atoms with Gasteiger partial charge in [-0.1, -0.05) is 6.92 Å². The van der Waals surface area contributed by atoms with Crippen LogP contribution >= 0.6 is 0 Å². The van der Waals surface area contributed by atoms with E-state index in [4.69, 9.17) is 15.4 Å². The van der Waals surface area contributed by atoms with Gasteiger partial charge in [0, 0.05) is 11.5 Å². The lowest BCUT2D eigenvalue weighted by Gasteiger charge is -2.16. The molecule has 0 saturated carbocycles. The van der Waals surface area contributed by atoms with Gasteiger partial charge < -0.3 is 14.3 Å². The van der Waals surface area contributed by atoms with Gasteiger partial charge in [-0.05, 0) is 24.6 Å². The molecule has 2 N–H and O–H groups in total. The number of hydrogen-bond donors (Lipinski definition) is 1. The zero-order valence-electron chi connectivity index (χ0n) is 10.2. The van der Waals surface area contributed by atoms with Gasteiger partial charge in [0.2, 0.25) is 0 Å². The Morgan fingerprint density at radius 2 is 1.69 bits per heavy atom. The molecule has 0 radical (unpaired) electrons. The molecule has 4 nitrogen and oxygen atoms in total. The van der Waals surface area contributed by atoms with Crippen LogP contribution in [0.15, 0.2) is 12.1 Å². The molecule has 16 heavy (non-hydrogen) atoms. The summed E-state index contributed by atoms with van der Waals surface area (Å²) in [6.45, 7) is 4.47. The Bertz CT molecular complexity index is 327. The summed E-state index contributed by atoms with van der Waals surface area (Å²) in [5.41, 5.74) is 2.08. The van der Waals surface area contributed by atoms with Crippen LogP contribution < -0.4 is 15.4 Å². The second-order valence-electron chi connectivity index (χ2n) is 3.78. The van der Waals surface area contributed by atoms with Gasteiger partial charge in [0.25, 0.3) is 0 Å². The van der Waals surface area contributed by atoms with Crippen molar-refractivity contribution in [2.45, 2.75) is 19.8 Å². The molecular weight excluding hydrogens is 206 g/mol. The molecule has 0 aliphatic carbocycles. The van der Waals surface area contributed by atoms with E-state index in [1.165, 1.54) is 0 Å². The SMILES string of the molecule is COc1cc(C(C)CON)cc(OC)c1C. The van der Waals surface area contributed by atoms with Crippen LogP contribution in [0.3, 0.4) is 0 Å². The van der Waals surface area contributed by atoms with Crippen molar-refractivity contribution in [3.8, 4) is 11.5 Å². The van der Waals surface area contributed by atoms with Gasteiger partial charge in [-0.2, -0.15) is 0 Å². The molecule has 1 unspecified atom stereocenters. The molecule has 0 fully saturated rings. The summed E-state index contributed by atoms with van der Waals surface area (Å²) in [6, 6.07) is 3.98. The van der Waals surface area contributed by atoms with Crippen molar-refractivity contribution in [1.82, 2.24) is 0 Å². The van der Waals surface area contributed by atoms with E-state index < -0.39 is 0 Å². The van der Waals surface area contributed by atoms with Crippen molar-refractivity contribution in [3.63, 3.8) is 0 Å². The molecule has 1 rings (SSSR count). The van der Waals surface area contributed by atoms with Crippen LogP contribution in [0.5, 0.6) is 11.5 Å². The molecule has 1 atom stereocenters. The summed E-state index contributed by atoms with van der Waals surface area (Å²) in [5, 5.41) is 0. The fourth-order valence-corrected chi connectivity index (χ4v) is 1.63. The number of benzene rings is 1. The Hall–Kier alpha value is -1.26. The summed E-state index contributed by atoms with van der Waals surface area (Å²) < 4.78 is 10.6. The molecule has 0 saturated heterocycles. The molecule has 0 bridgehead atoms. The quantitative estimate of drug-likeness (QED) is 0.779. The monoisotopic (exact) mass is 225 g/mol. The minimum atomic E-state index is 0.202. The predicted octanol–water partition coefficient (Wildman–Crippen LogP) is 2.01.